The zero-order valence-electron chi connectivity index (χ0n) is 26.7. The second-order valence-electron chi connectivity index (χ2n) is 12.8. The Bertz CT molecular complexity index is 1660. The van der Waals surface area contributed by atoms with Crippen LogP contribution in [0.5, 0.6) is 0 Å². The van der Waals surface area contributed by atoms with Crippen LogP contribution in [-0.2, 0) is 25.7 Å². The number of hydrogen-bond acceptors (Lipinski definition) is 8. The summed E-state index contributed by atoms with van der Waals surface area (Å²) in [6.45, 7) is 7.98. The van der Waals surface area contributed by atoms with Gasteiger partial charge in [0.2, 0.25) is 11.8 Å². The Labute approximate surface area is 273 Å². The first kappa shape index (κ1) is 33.0. The second-order valence-corrected chi connectivity index (χ2v) is 13.6. The van der Waals surface area contributed by atoms with Crippen molar-refractivity contribution in [1.29, 1.82) is 0 Å². The molecule has 1 saturated heterocycles. The molecule has 242 valence electrons. The van der Waals surface area contributed by atoms with E-state index in [-0.39, 0.29) is 43.8 Å². The first-order valence-electron chi connectivity index (χ1n) is 15.5. The highest BCUT2D eigenvalue weighted by Crippen LogP contribution is 2.35. The third-order valence-electron chi connectivity index (χ3n) is 8.10. The van der Waals surface area contributed by atoms with E-state index in [2.05, 4.69) is 26.3 Å². The van der Waals surface area contributed by atoms with Gasteiger partial charge in [0.15, 0.2) is 0 Å². The Balaban J connectivity index is 1.22. The summed E-state index contributed by atoms with van der Waals surface area (Å²) in [7, 11) is 0. The SMILES string of the molecule is Cc1ncsc1-c1cccc(-c2cnc([C@@H]3C[C@@H](O)CN3C(=O)[C@@H](NC(=O)CCCC(=O)OCc3ccccc3)C(C)(C)C)[nH]2)c1. The monoisotopic (exact) mass is 643 g/mol. The van der Waals surface area contributed by atoms with Crippen LogP contribution in [0.4, 0.5) is 0 Å². The molecule has 1 aliphatic rings. The number of aromatic amines is 1. The van der Waals surface area contributed by atoms with Crippen molar-refractivity contribution in [1.82, 2.24) is 25.2 Å². The molecule has 0 bridgehead atoms. The van der Waals surface area contributed by atoms with Gasteiger partial charge >= 0.3 is 5.97 Å². The van der Waals surface area contributed by atoms with Crippen molar-refractivity contribution in [3.05, 3.63) is 83.4 Å². The standard InChI is InChI=1S/C35H41N5O5S/c1-22-31(46-21-37-22)25-13-8-12-24(16-25)27-18-36-33(38-27)28-17-26(41)19-40(28)34(44)32(35(2,3)4)39-29(42)14-9-15-30(43)45-20-23-10-6-5-7-11-23/h5-8,10-13,16,18,21,26,28,32,41H,9,14-15,17,19-20H2,1-4H3,(H,36,38)(H,39,42)/t26-,28+,32-/m1/s1. The first-order chi connectivity index (χ1) is 22.0. The second kappa shape index (κ2) is 14.4. The summed E-state index contributed by atoms with van der Waals surface area (Å²) < 4.78 is 5.31. The Morgan fingerprint density at radius 3 is 2.57 bits per heavy atom. The van der Waals surface area contributed by atoms with Crippen LogP contribution in [0, 0.1) is 12.3 Å². The molecule has 10 nitrogen and oxygen atoms in total. The maximum absolute atomic E-state index is 14.0. The molecule has 0 aliphatic carbocycles. The number of aromatic nitrogens is 3. The molecule has 3 atom stereocenters. The van der Waals surface area contributed by atoms with Gasteiger partial charge < -0.3 is 25.0 Å². The number of aliphatic hydroxyl groups is 1. The van der Waals surface area contributed by atoms with E-state index in [1.807, 2.05) is 81.7 Å². The zero-order chi connectivity index (χ0) is 32.8. The van der Waals surface area contributed by atoms with Crippen LogP contribution in [-0.4, -0.2) is 61.4 Å². The van der Waals surface area contributed by atoms with Crippen molar-refractivity contribution in [2.24, 2.45) is 5.41 Å². The number of amides is 2. The number of carbonyl (C=O) groups excluding carboxylic acids is 3. The molecule has 2 aromatic heterocycles. The van der Waals surface area contributed by atoms with Gasteiger partial charge in [-0.05, 0) is 36.0 Å². The number of β-amino-alcohol motifs (C(OH)–C–C–N with tert-alkyl or cyclic N) is 1. The number of thiazole rings is 1. The fourth-order valence-corrected chi connectivity index (χ4v) is 6.43. The molecule has 4 aromatic rings. The Kier molecular flexibility index (Phi) is 10.3. The van der Waals surface area contributed by atoms with Crippen LogP contribution < -0.4 is 5.32 Å². The molecule has 3 heterocycles. The largest absolute Gasteiger partial charge is 0.461 e. The predicted molar refractivity (Wildman–Crippen MR) is 176 cm³/mol. The molecule has 11 heteroatoms. The molecule has 0 radical (unpaired) electrons. The van der Waals surface area contributed by atoms with Crippen molar-refractivity contribution >= 4 is 29.1 Å². The van der Waals surface area contributed by atoms with E-state index in [4.69, 9.17) is 4.74 Å². The average Bonchev–Trinajstić information content (AvgIpc) is 3.78. The van der Waals surface area contributed by atoms with Gasteiger partial charge in [0.1, 0.15) is 18.5 Å². The molecular formula is C35H41N5O5S. The van der Waals surface area contributed by atoms with Crippen LogP contribution in [0.3, 0.4) is 0 Å². The molecule has 1 aliphatic heterocycles. The maximum atomic E-state index is 14.0. The van der Waals surface area contributed by atoms with Gasteiger partial charge in [0, 0.05) is 31.4 Å². The molecular weight excluding hydrogens is 602 g/mol. The van der Waals surface area contributed by atoms with Crippen molar-refractivity contribution in [3.63, 3.8) is 0 Å². The first-order valence-corrected chi connectivity index (χ1v) is 16.4. The summed E-state index contributed by atoms with van der Waals surface area (Å²) in [4.78, 5) is 54.3. The molecule has 5 rings (SSSR count). The number of ether oxygens (including phenoxy) is 1. The Morgan fingerprint density at radius 1 is 1.09 bits per heavy atom. The summed E-state index contributed by atoms with van der Waals surface area (Å²) in [5, 5.41) is 13.6. The third-order valence-corrected chi connectivity index (χ3v) is 9.08. The van der Waals surface area contributed by atoms with Crippen LogP contribution in [0.2, 0.25) is 0 Å². The highest BCUT2D eigenvalue weighted by Gasteiger charge is 2.43. The average molecular weight is 644 g/mol. The van der Waals surface area contributed by atoms with E-state index in [9.17, 15) is 19.5 Å². The number of likely N-dealkylation sites (tertiary alicyclic amines) is 1. The van der Waals surface area contributed by atoms with Gasteiger partial charge in [-0.2, -0.15) is 0 Å². The molecule has 0 spiro atoms. The van der Waals surface area contributed by atoms with Crippen molar-refractivity contribution in [3.8, 4) is 21.7 Å². The van der Waals surface area contributed by atoms with E-state index in [1.54, 1.807) is 22.4 Å². The summed E-state index contributed by atoms with van der Waals surface area (Å²) in [6.07, 6.45) is 1.83. The smallest absolute Gasteiger partial charge is 0.306 e. The summed E-state index contributed by atoms with van der Waals surface area (Å²) in [5.74, 6) is -0.411. The number of benzene rings is 2. The van der Waals surface area contributed by atoms with Gasteiger partial charge in [-0.15, -0.1) is 11.3 Å². The fourth-order valence-electron chi connectivity index (χ4n) is 5.63. The number of hydrogen-bond donors (Lipinski definition) is 3. The molecule has 0 unspecified atom stereocenters. The van der Waals surface area contributed by atoms with Gasteiger partial charge in [-0.3, -0.25) is 14.4 Å². The lowest BCUT2D eigenvalue weighted by Gasteiger charge is -2.35. The predicted octanol–water partition coefficient (Wildman–Crippen LogP) is 5.59. The van der Waals surface area contributed by atoms with E-state index < -0.39 is 23.6 Å². The molecule has 46 heavy (non-hydrogen) atoms. The number of nitrogens with one attached hydrogen (secondary N) is 2. The number of imidazole rings is 1. The quantitative estimate of drug-likeness (QED) is 0.181. The lowest BCUT2D eigenvalue weighted by molar-refractivity contribution is -0.145. The number of carbonyl (C=O) groups is 3. The van der Waals surface area contributed by atoms with Crippen LogP contribution in [0.25, 0.3) is 21.7 Å². The van der Waals surface area contributed by atoms with Gasteiger partial charge in [-0.25, -0.2) is 9.97 Å². The van der Waals surface area contributed by atoms with Crippen molar-refractivity contribution in [2.75, 3.05) is 6.54 Å². The van der Waals surface area contributed by atoms with Crippen LogP contribution in [0.1, 0.15) is 69.6 Å². The molecule has 3 N–H and O–H groups in total. The van der Waals surface area contributed by atoms with Crippen molar-refractivity contribution in [2.45, 2.75) is 78.2 Å². The zero-order valence-corrected chi connectivity index (χ0v) is 27.5. The molecule has 2 aromatic carbocycles. The number of esters is 1. The lowest BCUT2D eigenvalue weighted by Crippen LogP contribution is -2.54. The third kappa shape index (κ3) is 8.07. The topological polar surface area (TPSA) is 138 Å². The normalized spacial score (nSPS) is 17.1. The summed E-state index contributed by atoms with van der Waals surface area (Å²) in [6, 6.07) is 16.2. The van der Waals surface area contributed by atoms with Gasteiger partial charge in [-0.1, -0.05) is 69.3 Å². The van der Waals surface area contributed by atoms with Crippen LogP contribution in [0.15, 0.2) is 66.3 Å². The van der Waals surface area contributed by atoms with E-state index in [0.717, 1.165) is 33.0 Å². The summed E-state index contributed by atoms with van der Waals surface area (Å²) in [5.41, 5.74) is 5.91. The minimum Gasteiger partial charge on any atom is -0.461 e. The Morgan fingerprint density at radius 2 is 1.85 bits per heavy atom. The number of nitrogens with zero attached hydrogens (tertiary/aromatic N) is 3. The molecule has 2 amide bonds. The van der Waals surface area contributed by atoms with Crippen LogP contribution >= 0.6 is 11.3 Å². The van der Waals surface area contributed by atoms with E-state index >= 15 is 0 Å². The van der Waals surface area contributed by atoms with Gasteiger partial charge in [0.25, 0.3) is 0 Å². The molecule has 0 saturated carbocycles. The number of aliphatic hydroxyl groups excluding tert-OH is 1. The van der Waals surface area contributed by atoms with Crippen molar-refractivity contribution < 1.29 is 24.2 Å². The van der Waals surface area contributed by atoms with Gasteiger partial charge in [0.05, 0.1) is 40.1 Å². The lowest BCUT2D eigenvalue weighted by atomic mass is 9.85. The number of aryl methyl sites for hydroxylation is 1. The molecule has 1 fully saturated rings. The minimum absolute atomic E-state index is 0.0774. The highest BCUT2D eigenvalue weighted by molar-refractivity contribution is 7.13. The van der Waals surface area contributed by atoms with E-state index in [1.165, 1.54) is 0 Å². The Hall–Kier alpha value is -4.35. The number of H-pyrrole nitrogens is 1. The maximum Gasteiger partial charge on any atom is 0.306 e. The minimum atomic E-state index is -0.841. The van der Waals surface area contributed by atoms with E-state index in [0.29, 0.717) is 18.7 Å². The highest BCUT2D eigenvalue weighted by atomic mass is 32.1. The fraction of sp³-hybridized carbons (Fsp3) is 0.400. The summed E-state index contributed by atoms with van der Waals surface area (Å²) >= 11 is 1.59. The number of rotatable bonds is 11.